The second kappa shape index (κ2) is 7.21. The van der Waals surface area contributed by atoms with E-state index < -0.39 is 10.0 Å². The first-order valence-electron chi connectivity index (χ1n) is 8.85. The van der Waals surface area contributed by atoms with Gasteiger partial charge in [-0.2, -0.15) is 4.31 Å². The SMILES string of the molecule is O=C(Nc1ccc(S(=O)(=O)N2CCCC2)cc1)c1ccc2c(c1)OCCO2. The molecule has 1 amide bonds. The van der Waals surface area contributed by atoms with Crippen molar-refractivity contribution in [3.8, 4) is 11.5 Å². The molecule has 0 spiro atoms. The van der Waals surface area contributed by atoms with Crippen molar-refractivity contribution in [2.24, 2.45) is 0 Å². The molecule has 1 N–H and O–H groups in total. The number of nitrogens with one attached hydrogen (secondary N) is 1. The van der Waals surface area contributed by atoms with Crippen molar-refractivity contribution in [2.45, 2.75) is 17.7 Å². The van der Waals surface area contributed by atoms with E-state index in [1.165, 1.54) is 16.4 Å². The normalized spacial score (nSPS) is 16.9. The van der Waals surface area contributed by atoms with Gasteiger partial charge in [-0.05, 0) is 55.3 Å². The molecule has 2 aliphatic rings. The Bertz CT molecular complexity index is 951. The number of rotatable bonds is 4. The number of anilines is 1. The van der Waals surface area contributed by atoms with E-state index in [0.29, 0.717) is 49.1 Å². The number of sulfonamides is 1. The van der Waals surface area contributed by atoms with Gasteiger partial charge in [0.15, 0.2) is 11.5 Å². The highest BCUT2D eigenvalue weighted by molar-refractivity contribution is 7.89. The molecule has 142 valence electrons. The van der Waals surface area contributed by atoms with Crippen molar-refractivity contribution in [2.75, 3.05) is 31.6 Å². The smallest absolute Gasteiger partial charge is 0.255 e. The predicted molar refractivity (Wildman–Crippen MR) is 99.8 cm³/mol. The van der Waals surface area contributed by atoms with E-state index in [1.54, 1.807) is 30.3 Å². The minimum absolute atomic E-state index is 0.238. The maximum atomic E-state index is 12.5. The van der Waals surface area contributed by atoms with Crippen LogP contribution in [0.2, 0.25) is 0 Å². The summed E-state index contributed by atoms with van der Waals surface area (Å²) in [5.41, 5.74) is 0.961. The molecule has 0 aromatic heterocycles. The van der Waals surface area contributed by atoms with Crippen LogP contribution in [0.15, 0.2) is 47.4 Å². The first kappa shape index (κ1) is 17.8. The summed E-state index contributed by atoms with van der Waals surface area (Å²) < 4.78 is 37.5. The highest BCUT2D eigenvalue weighted by atomic mass is 32.2. The molecule has 0 atom stereocenters. The van der Waals surface area contributed by atoms with E-state index in [4.69, 9.17) is 9.47 Å². The molecule has 4 rings (SSSR count). The lowest BCUT2D eigenvalue weighted by Gasteiger charge is -2.18. The number of hydrogen-bond acceptors (Lipinski definition) is 5. The zero-order valence-electron chi connectivity index (χ0n) is 14.7. The van der Waals surface area contributed by atoms with Crippen LogP contribution in [-0.4, -0.2) is 44.9 Å². The monoisotopic (exact) mass is 388 g/mol. The molecule has 1 fully saturated rings. The molecule has 0 radical (unpaired) electrons. The van der Waals surface area contributed by atoms with Crippen molar-refractivity contribution >= 4 is 21.6 Å². The number of fused-ring (bicyclic) bond motifs is 1. The van der Waals surface area contributed by atoms with Crippen LogP contribution in [0.25, 0.3) is 0 Å². The molecule has 0 unspecified atom stereocenters. The van der Waals surface area contributed by atoms with Gasteiger partial charge in [0.1, 0.15) is 13.2 Å². The lowest BCUT2D eigenvalue weighted by Crippen LogP contribution is -2.27. The molecule has 2 aliphatic heterocycles. The van der Waals surface area contributed by atoms with Gasteiger partial charge in [0.2, 0.25) is 10.0 Å². The first-order valence-corrected chi connectivity index (χ1v) is 10.3. The van der Waals surface area contributed by atoms with Gasteiger partial charge in [-0.15, -0.1) is 0 Å². The molecule has 0 saturated carbocycles. The van der Waals surface area contributed by atoms with Crippen LogP contribution in [0.5, 0.6) is 11.5 Å². The van der Waals surface area contributed by atoms with Gasteiger partial charge in [0.25, 0.3) is 5.91 Å². The van der Waals surface area contributed by atoms with Crippen LogP contribution in [-0.2, 0) is 10.0 Å². The fourth-order valence-electron chi connectivity index (χ4n) is 3.18. The summed E-state index contributed by atoms with van der Waals surface area (Å²) >= 11 is 0. The molecular formula is C19H20N2O5S. The average molecular weight is 388 g/mol. The summed E-state index contributed by atoms with van der Waals surface area (Å²) in [6.45, 7) is 2.06. The standard InChI is InChI=1S/C19H20N2O5S/c22-19(14-3-8-17-18(13-14)26-12-11-25-17)20-15-4-6-16(7-5-15)27(23,24)21-9-1-2-10-21/h3-8,13H,1-2,9-12H2,(H,20,22). The van der Waals surface area contributed by atoms with Gasteiger partial charge in [-0.25, -0.2) is 8.42 Å². The maximum absolute atomic E-state index is 12.5. The van der Waals surface area contributed by atoms with Gasteiger partial charge < -0.3 is 14.8 Å². The van der Waals surface area contributed by atoms with Crippen LogP contribution in [0, 0.1) is 0 Å². The van der Waals surface area contributed by atoms with E-state index in [2.05, 4.69) is 5.32 Å². The van der Waals surface area contributed by atoms with Crippen LogP contribution in [0.4, 0.5) is 5.69 Å². The fourth-order valence-corrected chi connectivity index (χ4v) is 4.69. The van der Waals surface area contributed by atoms with Crippen LogP contribution >= 0.6 is 0 Å². The molecule has 0 aliphatic carbocycles. The van der Waals surface area contributed by atoms with Crippen molar-refractivity contribution in [1.82, 2.24) is 4.31 Å². The van der Waals surface area contributed by atoms with Gasteiger partial charge in [0, 0.05) is 24.3 Å². The molecule has 7 nitrogen and oxygen atoms in total. The summed E-state index contributed by atoms with van der Waals surface area (Å²) in [7, 11) is -3.46. The Hall–Kier alpha value is -2.58. The van der Waals surface area contributed by atoms with E-state index in [-0.39, 0.29) is 10.8 Å². The first-order chi connectivity index (χ1) is 13.0. The zero-order chi connectivity index (χ0) is 18.9. The summed E-state index contributed by atoms with van der Waals surface area (Å²) in [5, 5.41) is 2.77. The number of hydrogen-bond donors (Lipinski definition) is 1. The lowest BCUT2D eigenvalue weighted by atomic mass is 10.1. The van der Waals surface area contributed by atoms with Crippen LogP contribution < -0.4 is 14.8 Å². The Balaban J connectivity index is 1.47. The lowest BCUT2D eigenvalue weighted by molar-refractivity contribution is 0.102. The largest absolute Gasteiger partial charge is 0.486 e. The van der Waals surface area contributed by atoms with Crippen molar-refractivity contribution in [3.05, 3.63) is 48.0 Å². The summed E-state index contributed by atoms with van der Waals surface area (Å²) in [4.78, 5) is 12.7. The molecule has 2 aromatic carbocycles. The van der Waals surface area contributed by atoms with Crippen LogP contribution in [0.1, 0.15) is 23.2 Å². The van der Waals surface area contributed by atoms with E-state index in [0.717, 1.165) is 12.8 Å². The number of benzene rings is 2. The number of nitrogens with zero attached hydrogens (tertiary/aromatic N) is 1. The second-order valence-electron chi connectivity index (χ2n) is 6.45. The van der Waals surface area contributed by atoms with E-state index in [1.807, 2.05) is 0 Å². The molecular weight excluding hydrogens is 368 g/mol. The molecule has 1 saturated heterocycles. The Morgan fingerprint density at radius 1 is 0.926 bits per heavy atom. The molecule has 0 bridgehead atoms. The van der Waals surface area contributed by atoms with Crippen LogP contribution in [0.3, 0.4) is 0 Å². The highest BCUT2D eigenvalue weighted by Gasteiger charge is 2.27. The van der Waals surface area contributed by atoms with Gasteiger partial charge in [-0.3, -0.25) is 4.79 Å². The number of amides is 1. The highest BCUT2D eigenvalue weighted by Crippen LogP contribution is 2.31. The molecule has 2 aromatic rings. The Kier molecular flexibility index (Phi) is 4.75. The molecule has 8 heteroatoms. The summed E-state index contributed by atoms with van der Waals surface area (Å²) in [5.74, 6) is 0.859. The van der Waals surface area contributed by atoms with Crippen molar-refractivity contribution in [3.63, 3.8) is 0 Å². The summed E-state index contributed by atoms with van der Waals surface area (Å²) in [6.07, 6.45) is 1.78. The third-order valence-corrected chi connectivity index (χ3v) is 6.53. The number of carbonyl (C=O) groups is 1. The predicted octanol–water partition coefficient (Wildman–Crippen LogP) is 2.49. The topological polar surface area (TPSA) is 84.9 Å². The van der Waals surface area contributed by atoms with Crippen molar-refractivity contribution in [1.29, 1.82) is 0 Å². The van der Waals surface area contributed by atoms with E-state index >= 15 is 0 Å². The zero-order valence-corrected chi connectivity index (χ0v) is 15.5. The minimum atomic E-state index is -3.46. The Labute approximate surface area is 157 Å². The second-order valence-corrected chi connectivity index (χ2v) is 8.39. The number of ether oxygens (including phenoxy) is 2. The van der Waals surface area contributed by atoms with E-state index in [9.17, 15) is 13.2 Å². The summed E-state index contributed by atoms with van der Waals surface area (Å²) in [6, 6.07) is 11.2. The Morgan fingerprint density at radius 3 is 2.30 bits per heavy atom. The maximum Gasteiger partial charge on any atom is 0.255 e. The molecule has 2 heterocycles. The van der Waals surface area contributed by atoms with Crippen molar-refractivity contribution < 1.29 is 22.7 Å². The Morgan fingerprint density at radius 2 is 1.59 bits per heavy atom. The third-order valence-electron chi connectivity index (χ3n) is 4.62. The third kappa shape index (κ3) is 3.63. The van der Waals surface area contributed by atoms with Gasteiger partial charge in [-0.1, -0.05) is 0 Å². The fraction of sp³-hybridized carbons (Fsp3) is 0.316. The number of carbonyl (C=O) groups excluding carboxylic acids is 1. The van der Waals surface area contributed by atoms with Gasteiger partial charge >= 0.3 is 0 Å². The average Bonchev–Trinajstić information content (AvgIpc) is 3.24. The minimum Gasteiger partial charge on any atom is -0.486 e. The molecule has 27 heavy (non-hydrogen) atoms. The van der Waals surface area contributed by atoms with Gasteiger partial charge in [0.05, 0.1) is 4.90 Å². The quantitative estimate of drug-likeness (QED) is 0.870.